The van der Waals surface area contributed by atoms with Crippen molar-refractivity contribution >= 4 is 24.4 Å². The van der Waals surface area contributed by atoms with Gasteiger partial charge in [-0.25, -0.2) is 4.98 Å². The van der Waals surface area contributed by atoms with Gasteiger partial charge >= 0.3 is 0 Å². The molecule has 0 aromatic carbocycles. The zero-order chi connectivity index (χ0) is 8.39. The van der Waals surface area contributed by atoms with Gasteiger partial charge in [0.05, 0.1) is 0 Å². The minimum atomic E-state index is 1.12. The fourth-order valence-corrected chi connectivity index (χ4v) is 2.07. The van der Waals surface area contributed by atoms with Crippen LogP contribution in [0.15, 0.2) is 11.6 Å². The lowest BCUT2D eigenvalue weighted by Crippen LogP contribution is -2.45. The largest absolute Gasteiger partial charge is 0.346 e. The van der Waals surface area contributed by atoms with Gasteiger partial charge in [0.2, 0.25) is 0 Å². The second-order valence-electron chi connectivity index (χ2n) is 3.11. The van der Waals surface area contributed by atoms with Gasteiger partial charge in [-0.3, -0.25) is 0 Å². The Morgan fingerprint density at radius 3 is 2.67 bits per heavy atom. The van der Waals surface area contributed by atoms with E-state index in [9.17, 15) is 0 Å². The molecule has 0 radical (unpaired) electrons. The second kappa shape index (κ2) is 3.45. The van der Waals surface area contributed by atoms with Crippen LogP contribution in [0.1, 0.15) is 0 Å². The third-order valence-corrected chi connectivity index (χ3v) is 3.03. The van der Waals surface area contributed by atoms with Crippen molar-refractivity contribution in [3.05, 3.63) is 11.6 Å². The van der Waals surface area contributed by atoms with E-state index < -0.39 is 0 Å². The van der Waals surface area contributed by atoms with Crippen molar-refractivity contribution in [2.45, 2.75) is 0 Å². The molecule has 0 spiro atoms. The summed E-state index contributed by atoms with van der Waals surface area (Å²) in [6.45, 7) is 4.53. The highest BCUT2D eigenvalue weighted by atomic mass is 32.1. The first kappa shape index (κ1) is 8.07. The normalized spacial score (nSPS) is 19.8. The lowest BCUT2D eigenvalue weighted by molar-refractivity contribution is 0.414. The first-order valence-corrected chi connectivity index (χ1v) is 5.07. The lowest BCUT2D eigenvalue weighted by atomic mass is 10.2. The molecule has 1 aromatic heterocycles. The zero-order valence-corrected chi connectivity index (χ0v) is 8.05. The summed E-state index contributed by atoms with van der Waals surface area (Å²) in [5.74, 6) is 0. The maximum atomic E-state index is 4.29. The van der Waals surface area contributed by atoms with Gasteiger partial charge in [0.25, 0.3) is 0 Å². The van der Waals surface area contributed by atoms with Crippen LogP contribution in [0.5, 0.6) is 0 Å². The number of rotatable bonds is 1. The molecule has 1 aliphatic heterocycles. The molecule has 0 amide bonds. The van der Waals surface area contributed by atoms with Gasteiger partial charge in [0, 0.05) is 37.8 Å². The predicted octanol–water partition coefficient (Wildman–Crippen LogP) is -0.187. The molecule has 0 atom stereocenters. The molecule has 1 aromatic rings. The molecule has 2 heterocycles. The van der Waals surface area contributed by atoms with Gasteiger partial charge in [-0.05, 0) is 0 Å². The minimum absolute atomic E-state index is 1.12. The van der Waals surface area contributed by atoms with E-state index in [0.717, 1.165) is 26.2 Å². The molecule has 1 aliphatic rings. The number of hydrogen-bond acceptors (Lipinski definition) is 4. The number of hydrogen-bond donors (Lipinski definition) is 0. The van der Waals surface area contributed by atoms with E-state index in [1.165, 1.54) is 5.13 Å². The molecule has 3 nitrogen and oxygen atoms in total. The molecular formula is C7H12BN3S. The third kappa shape index (κ3) is 1.62. The Morgan fingerprint density at radius 1 is 1.33 bits per heavy atom. The van der Waals surface area contributed by atoms with Gasteiger partial charge in [-0.2, -0.15) is 0 Å². The van der Waals surface area contributed by atoms with Crippen LogP contribution in [0.4, 0.5) is 5.13 Å². The molecule has 64 valence electrons. The van der Waals surface area contributed by atoms with Crippen LogP contribution in [-0.4, -0.2) is 44.0 Å². The maximum Gasteiger partial charge on any atom is 0.185 e. The first-order valence-electron chi connectivity index (χ1n) is 4.19. The molecule has 5 heteroatoms. The Morgan fingerprint density at radius 2 is 2.08 bits per heavy atom. The summed E-state index contributed by atoms with van der Waals surface area (Å²) in [5, 5.41) is 3.20. The fourth-order valence-electron chi connectivity index (χ4n) is 1.37. The van der Waals surface area contributed by atoms with E-state index in [1.54, 1.807) is 11.3 Å². The first-order chi connectivity index (χ1) is 5.86. The smallest absolute Gasteiger partial charge is 0.185 e. The van der Waals surface area contributed by atoms with E-state index in [2.05, 4.69) is 22.7 Å². The topological polar surface area (TPSA) is 19.4 Å². The van der Waals surface area contributed by atoms with Crippen LogP contribution in [0.3, 0.4) is 0 Å². The Bertz CT molecular complexity index is 231. The Labute approximate surface area is 77.4 Å². The fraction of sp³-hybridized carbons (Fsp3) is 0.571. The highest BCUT2D eigenvalue weighted by molar-refractivity contribution is 7.13. The Hall–Kier alpha value is -0.545. The van der Waals surface area contributed by atoms with Crippen LogP contribution < -0.4 is 4.90 Å². The summed E-state index contributed by atoms with van der Waals surface area (Å²) in [6, 6.07) is 0. The molecule has 1 saturated heterocycles. The third-order valence-electron chi connectivity index (χ3n) is 2.19. The maximum absolute atomic E-state index is 4.29. The van der Waals surface area contributed by atoms with Crippen molar-refractivity contribution in [2.75, 3.05) is 31.1 Å². The SMILES string of the molecule is BN1CCN(c2nccs2)CC1. The number of piperazine rings is 1. The lowest BCUT2D eigenvalue weighted by Gasteiger charge is -2.32. The summed E-state index contributed by atoms with van der Waals surface area (Å²) in [4.78, 5) is 8.99. The average Bonchev–Trinajstić information content (AvgIpc) is 2.58. The summed E-state index contributed by atoms with van der Waals surface area (Å²) in [5.41, 5.74) is 0. The van der Waals surface area contributed by atoms with Gasteiger partial charge in [0.1, 0.15) is 0 Å². The molecule has 0 aliphatic carbocycles. The van der Waals surface area contributed by atoms with Crippen molar-refractivity contribution < 1.29 is 0 Å². The van der Waals surface area contributed by atoms with Crippen molar-refractivity contribution in [3.8, 4) is 0 Å². The van der Waals surface area contributed by atoms with Crippen molar-refractivity contribution in [1.82, 2.24) is 9.79 Å². The van der Waals surface area contributed by atoms with Crippen molar-refractivity contribution in [1.29, 1.82) is 0 Å². The summed E-state index contributed by atoms with van der Waals surface area (Å²) in [7, 11) is 2.17. The van der Waals surface area contributed by atoms with E-state index in [1.807, 2.05) is 11.6 Å². The van der Waals surface area contributed by atoms with Gasteiger partial charge < -0.3 is 9.71 Å². The monoisotopic (exact) mass is 181 g/mol. The van der Waals surface area contributed by atoms with Crippen LogP contribution in [0, 0.1) is 0 Å². The molecule has 0 bridgehead atoms. The van der Waals surface area contributed by atoms with Crippen molar-refractivity contribution in [2.24, 2.45) is 0 Å². The molecule has 1 fully saturated rings. The van der Waals surface area contributed by atoms with E-state index in [4.69, 9.17) is 0 Å². The zero-order valence-electron chi connectivity index (χ0n) is 7.23. The summed E-state index contributed by atoms with van der Waals surface area (Å²) >= 11 is 1.73. The summed E-state index contributed by atoms with van der Waals surface area (Å²) < 4.78 is 0. The molecular weight excluding hydrogens is 169 g/mol. The van der Waals surface area contributed by atoms with Gasteiger partial charge in [-0.1, -0.05) is 0 Å². The molecule has 0 unspecified atom stereocenters. The minimum Gasteiger partial charge on any atom is -0.346 e. The number of thiazole rings is 1. The second-order valence-corrected chi connectivity index (χ2v) is 3.98. The van der Waals surface area contributed by atoms with E-state index in [0.29, 0.717) is 0 Å². The van der Waals surface area contributed by atoms with Crippen LogP contribution in [0.25, 0.3) is 0 Å². The van der Waals surface area contributed by atoms with Gasteiger partial charge in [0.15, 0.2) is 13.1 Å². The molecule has 2 rings (SSSR count). The quantitative estimate of drug-likeness (QED) is 0.560. The standard InChI is InChI=1S/C7H12BN3S/c8-11-4-2-10(3-5-11)7-9-1-6-12-7/h1,6H,2-5,8H2. The number of anilines is 1. The van der Waals surface area contributed by atoms with Crippen LogP contribution in [-0.2, 0) is 0 Å². The molecule has 0 N–H and O–H groups in total. The number of nitrogens with zero attached hydrogens (tertiary/aromatic N) is 3. The molecule has 12 heavy (non-hydrogen) atoms. The average molecular weight is 181 g/mol. The predicted molar refractivity (Wildman–Crippen MR) is 54.4 cm³/mol. The van der Waals surface area contributed by atoms with E-state index >= 15 is 0 Å². The molecule has 0 saturated carbocycles. The number of aromatic nitrogens is 1. The highest BCUT2D eigenvalue weighted by Gasteiger charge is 2.14. The Kier molecular flexibility index (Phi) is 2.32. The van der Waals surface area contributed by atoms with Crippen LogP contribution >= 0.6 is 11.3 Å². The Balaban J connectivity index is 1.99. The highest BCUT2D eigenvalue weighted by Crippen LogP contribution is 2.17. The van der Waals surface area contributed by atoms with Gasteiger partial charge in [-0.15, -0.1) is 11.3 Å². The van der Waals surface area contributed by atoms with Crippen molar-refractivity contribution in [3.63, 3.8) is 0 Å². The van der Waals surface area contributed by atoms with E-state index in [-0.39, 0.29) is 0 Å². The summed E-state index contributed by atoms with van der Waals surface area (Å²) in [6.07, 6.45) is 1.87. The van der Waals surface area contributed by atoms with Crippen LogP contribution in [0.2, 0.25) is 0 Å².